The van der Waals surface area contributed by atoms with Crippen LogP contribution in [0.25, 0.3) is 10.9 Å². The molecule has 1 aromatic heterocycles. The van der Waals surface area contributed by atoms with E-state index >= 15 is 0 Å². The van der Waals surface area contributed by atoms with Crippen LogP contribution >= 0.6 is 15.9 Å². The van der Waals surface area contributed by atoms with Gasteiger partial charge >= 0.3 is 0 Å². The molecule has 0 N–H and O–H groups in total. The highest BCUT2D eigenvalue weighted by molar-refractivity contribution is 9.10. The molecule has 2 nitrogen and oxygen atoms in total. The molecular formula is C14H12BrNO. The number of aromatic nitrogens is 1. The average Bonchev–Trinajstić information content (AvgIpc) is 2.36. The van der Waals surface area contributed by atoms with Gasteiger partial charge < -0.3 is 0 Å². The highest BCUT2D eigenvalue weighted by Gasteiger charge is 2.17. The standard InChI is InChI=1S/C14H12BrNO/c15-9-5-6-14-11(7-9)12(8-17)10-3-1-2-4-13(10)16-14/h5-8H,1-4H2. The van der Waals surface area contributed by atoms with Crippen molar-refractivity contribution in [3.05, 3.63) is 39.5 Å². The van der Waals surface area contributed by atoms with E-state index in [-0.39, 0.29) is 0 Å². The summed E-state index contributed by atoms with van der Waals surface area (Å²) in [5.74, 6) is 0. The molecule has 3 rings (SSSR count). The predicted octanol–water partition coefficient (Wildman–Crippen LogP) is 3.69. The number of carbonyl (C=O) groups excluding carboxylic acids is 1. The number of nitrogens with zero attached hydrogens (tertiary/aromatic N) is 1. The van der Waals surface area contributed by atoms with E-state index in [9.17, 15) is 4.79 Å². The van der Waals surface area contributed by atoms with Crippen molar-refractivity contribution in [2.45, 2.75) is 25.7 Å². The second kappa shape index (κ2) is 4.22. The first-order chi connectivity index (χ1) is 8.29. The Bertz CT molecular complexity index is 607. The first-order valence-corrected chi connectivity index (χ1v) is 6.65. The lowest BCUT2D eigenvalue weighted by Crippen LogP contribution is -2.09. The number of carbonyl (C=O) groups is 1. The first-order valence-electron chi connectivity index (χ1n) is 5.86. The number of rotatable bonds is 1. The summed E-state index contributed by atoms with van der Waals surface area (Å²) in [6, 6.07) is 5.93. The summed E-state index contributed by atoms with van der Waals surface area (Å²) in [5, 5.41) is 0.968. The zero-order valence-electron chi connectivity index (χ0n) is 9.37. The highest BCUT2D eigenvalue weighted by atomic mass is 79.9. The van der Waals surface area contributed by atoms with Gasteiger partial charge in [-0.3, -0.25) is 9.78 Å². The molecule has 2 aromatic rings. The lowest BCUT2D eigenvalue weighted by Gasteiger charge is -2.18. The van der Waals surface area contributed by atoms with E-state index in [0.717, 1.165) is 57.7 Å². The van der Waals surface area contributed by atoms with E-state index in [2.05, 4.69) is 20.9 Å². The van der Waals surface area contributed by atoms with Gasteiger partial charge in [-0.2, -0.15) is 0 Å². The minimum absolute atomic E-state index is 0.839. The van der Waals surface area contributed by atoms with Crippen molar-refractivity contribution < 1.29 is 4.79 Å². The van der Waals surface area contributed by atoms with Crippen LogP contribution in [0.2, 0.25) is 0 Å². The van der Waals surface area contributed by atoms with Crippen LogP contribution in [0.4, 0.5) is 0 Å². The fourth-order valence-corrected chi connectivity index (χ4v) is 2.93. The molecule has 0 saturated heterocycles. The van der Waals surface area contributed by atoms with Gasteiger partial charge in [-0.15, -0.1) is 0 Å². The Kier molecular flexibility index (Phi) is 2.71. The van der Waals surface area contributed by atoms with E-state index in [4.69, 9.17) is 0 Å². The fraction of sp³-hybridized carbons (Fsp3) is 0.286. The Hall–Kier alpha value is -1.22. The number of hydrogen-bond acceptors (Lipinski definition) is 2. The molecular weight excluding hydrogens is 278 g/mol. The number of aryl methyl sites for hydroxylation is 1. The largest absolute Gasteiger partial charge is 0.298 e. The SMILES string of the molecule is O=Cc1c2c(nc3ccc(Br)cc13)CCCC2. The van der Waals surface area contributed by atoms with Crippen molar-refractivity contribution in [2.75, 3.05) is 0 Å². The Morgan fingerprint density at radius 2 is 2.06 bits per heavy atom. The number of aldehydes is 1. The highest BCUT2D eigenvalue weighted by Crippen LogP contribution is 2.29. The summed E-state index contributed by atoms with van der Waals surface area (Å²) in [5.41, 5.74) is 4.05. The average molecular weight is 290 g/mol. The van der Waals surface area contributed by atoms with Gasteiger partial charge in [-0.25, -0.2) is 0 Å². The first kappa shape index (κ1) is 10.9. The number of halogens is 1. The quantitative estimate of drug-likeness (QED) is 0.750. The predicted molar refractivity (Wildman–Crippen MR) is 71.5 cm³/mol. The van der Waals surface area contributed by atoms with Crippen LogP contribution in [-0.2, 0) is 12.8 Å². The summed E-state index contributed by atoms with van der Waals surface area (Å²) in [7, 11) is 0. The summed E-state index contributed by atoms with van der Waals surface area (Å²) < 4.78 is 0.991. The molecule has 0 spiro atoms. The van der Waals surface area contributed by atoms with Crippen LogP contribution in [-0.4, -0.2) is 11.3 Å². The fourth-order valence-electron chi connectivity index (χ4n) is 2.57. The van der Waals surface area contributed by atoms with Crippen molar-refractivity contribution in [1.82, 2.24) is 4.98 Å². The molecule has 0 unspecified atom stereocenters. The van der Waals surface area contributed by atoms with Crippen molar-refractivity contribution in [2.24, 2.45) is 0 Å². The van der Waals surface area contributed by atoms with E-state index < -0.39 is 0 Å². The Balaban J connectivity index is 2.39. The van der Waals surface area contributed by atoms with Crippen LogP contribution in [0.5, 0.6) is 0 Å². The minimum atomic E-state index is 0.839. The molecule has 0 amide bonds. The van der Waals surface area contributed by atoms with Crippen LogP contribution in [0, 0.1) is 0 Å². The van der Waals surface area contributed by atoms with E-state index in [0.29, 0.717) is 0 Å². The van der Waals surface area contributed by atoms with E-state index in [1.54, 1.807) is 0 Å². The Labute approximate surface area is 108 Å². The third-order valence-corrected chi connectivity index (χ3v) is 3.88. The zero-order chi connectivity index (χ0) is 11.8. The number of benzene rings is 1. The van der Waals surface area contributed by atoms with Crippen molar-refractivity contribution in [1.29, 1.82) is 0 Å². The maximum atomic E-state index is 11.4. The van der Waals surface area contributed by atoms with Crippen molar-refractivity contribution in [3.8, 4) is 0 Å². The van der Waals surface area contributed by atoms with Gasteiger partial charge in [0.2, 0.25) is 0 Å². The molecule has 3 heteroatoms. The van der Waals surface area contributed by atoms with Crippen LogP contribution in [0.3, 0.4) is 0 Å². The second-order valence-corrected chi connectivity index (χ2v) is 5.35. The molecule has 1 aromatic carbocycles. The lowest BCUT2D eigenvalue weighted by molar-refractivity contribution is 0.112. The summed E-state index contributed by atoms with van der Waals surface area (Å²) in [4.78, 5) is 16.0. The molecule has 0 aliphatic heterocycles. The molecule has 0 atom stereocenters. The molecule has 1 heterocycles. The maximum absolute atomic E-state index is 11.4. The number of fused-ring (bicyclic) bond motifs is 2. The van der Waals surface area contributed by atoms with Crippen LogP contribution in [0.1, 0.15) is 34.5 Å². The summed E-state index contributed by atoms with van der Waals surface area (Å²) in [6.45, 7) is 0. The van der Waals surface area contributed by atoms with Gasteiger partial charge in [-0.05, 0) is 49.4 Å². The molecule has 0 radical (unpaired) electrons. The normalized spacial score (nSPS) is 14.6. The van der Waals surface area contributed by atoms with Crippen LogP contribution in [0.15, 0.2) is 22.7 Å². The van der Waals surface area contributed by atoms with Gasteiger partial charge in [0.05, 0.1) is 5.52 Å². The monoisotopic (exact) mass is 289 g/mol. The third kappa shape index (κ3) is 1.78. The van der Waals surface area contributed by atoms with Gasteiger partial charge in [0.1, 0.15) is 0 Å². The summed E-state index contributed by atoms with van der Waals surface area (Å²) in [6.07, 6.45) is 5.32. The maximum Gasteiger partial charge on any atom is 0.151 e. The molecule has 1 aliphatic carbocycles. The Morgan fingerprint density at radius 3 is 2.88 bits per heavy atom. The van der Waals surface area contributed by atoms with Crippen molar-refractivity contribution >= 4 is 33.1 Å². The smallest absolute Gasteiger partial charge is 0.151 e. The van der Waals surface area contributed by atoms with Gasteiger partial charge in [0, 0.05) is 21.1 Å². The van der Waals surface area contributed by atoms with Crippen molar-refractivity contribution in [3.63, 3.8) is 0 Å². The molecule has 17 heavy (non-hydrogen) atoms. The molecule has 0 bridgehead atoms. The molecule has 86 valence electrons. The molecule has 0 fully saturated rings. The number of hydrogen-bond donors (Lipinski definition) is 0. The van der Waals surface area contributed by atoms with Gasteiger partial charge in [-0.1, -0.05) is 15.9 Å². The third-order valence-electron chi connectivity index (χ3n) is 3.39. The number of pyridine rings is 1. The molecule has 1 aliphatic rings. The topological polar surface area (TPSA) is 30.0 Å². The second-order valence-electron chi connectivity index (χ2n) is 4.44. The van der Waals surface area contributed by atoms with Gasteiger partial charge in [0.15, 0.2) is 6.29 Å². The molecule has 0 saturated carbocycles. The summed E-state index contributed by atoms with van der Waals surface area (Å²) >= 11 is 3.45. The lowest BCUT2D eigenvalue weighted by atomic mass is 9.90. The van der Waals surface area contributed by atoms with E-state index in [1.807, 2.05) is 18.2 Å². The van der Waals surface area contributed by atoms with Crippen LogP contribution < -0.4 is 0 Å². The Morgan fingerprint density at radius 1 is 1.24 bits per heavy atom. The zero-order valence-corrected chi connectivity index (χ0v) is 11.0. The van der Waals surface area contributed by atoms with E-state index in [1.165, 1.54) is 6.42 Å². The van der Waals surface area contributed by atoms with Gasteiger partial charge in [0.25, 0.3) is 0 Å². The minimum Gasteiger partial charge on any atom is -0.298 e.